The lowest BCUT2D eigenvalue weighted by atomic mass is 10.3. The van der Waals surface area contributed by atoms with E-state index in [1.54, 1.807) is 6.92 Å². The Kier molecular flexibility index (Phi) is 4.63. The third kappa shape index (κ3) is 3.77. The van der Waals surface area contributed by atoms with Gasteiger partial charge in [-0.2, -0.15) is 0 Å². The Labute approximate surface area is 103 Å². The lowest BCUT2D eigenvalue weighted by Gasteiger charge is -2.11. The Morgan fingerprint density at radius 1 is 1.59 bits per heavy atom. The van der Waals surface area contributed by atoms with Crippen molar-refractivity contribution in [3.8, 4) is 0 Å². The van der Waals surface area contributed by atoms with E-state index < -0.39 is 22.0 Å². The minimum atomic E-state index is -3.70. The molecular formula is C9H13NO5S2. The summed E-state index contributed by atoms with van der Waals surface area (Å²) in [5.41, 5.74) is -0.0508. The first kappa shape index (κ1) is 14.1. The maximum atomic E-state index is 11.8. The summed E-state index contributed by atoms with van der Waals surface area (Å²) in [6, 6.07) is 0.710. The highest BCUT2D eigenvalue weighted by atomic mass is 32.2. The zero-order valence-corrected chi connectivity index (χ0v) is 10.7. The summed E-state index contributed by atoms with van der Waals surface area (Å²) in [6.07, 6.45) is 0.302. The van der Waals surface area contributed by atoms with Gasteiger partial charge in [0.25, 0.3) is 0 Å². The molecule has 1 rings (SSSR count). The molecular weight excluding hydrogens is 266 g/mol. The SMILES string of the molecule is CC(CCO)NS(=O)(=O)c1cc(C(=O)O)cs1. The summed E-state index contributed by atoms with van der Waals surface area (Å²) in [7, 11) is -3.70. The van der Waals surface area contributed by atoms with Gasteiger partial charge < -0.3 is 10.2 Å². The van der Waals surface area contributed by atoms with Gasteiger partial charge in [-0.1, -0.05) is 0 Å². The van der Waals surface area contributed by atoms with Crippen LogP contribution in [0.25, 0.3) is 0 Å². The zero-order chi connectivity index (χ0) is 13.1. The van der Waals surface area contributed by atoms with Crippen LogP contribution in [0.15, 0.2) is 15.7 Å². The summed E-state index contributed by atoms with van der Waals surface area (Å²) >= 11 is 0.851. The average Bonchev–Trinajstić information content (AvgIpc) is 2.65. The van der Waals surface area contributed by atoms with Gasteiger partial charge in [-0.25, -0.2) is 17.9 Å². The number of aliphatic hydroxyl groups excluding tert-OH is 1. The fourth-order valence-electron chi connectivity index (χ4n) is 1.15. The van der Waals surface area contributed by atoms with Gasteiger partial charge >= 0.3 is 5.97 Å². The summed E-state index contributed by atoms with van der Waals surface area (Å²) in [6.45, 7) is 1.51. The van der Waals surface area contributed by atoms with Crippen LogP contribution in [0.4, 0.5) is 0 Å². The molecule has 1 atom stereocenters. The number of rotatable bonds is 6. The number of aliphatic hydroxyl groups is 1. The number of aromatic carboxylic acids is 1. The number of sulfonamides is 1. The van der Waals surface area contributed by atoms with E-state index in [1.807, 2.05) is 0 Å². The maximum absolute atomic E-state index is 11.8. The van der Waals surface area contributed by atoms with Crippen molar-refractivity contribution in [3.05, 3.63) is 17.0 Å². The Hall–Kier alpha value is -0.960. The van der Waals surface area contributed by atoms with Gasteiger partial charge in [-0.3, -0.25) is 0 Å². The molecule has 0 fully saturated rings. The quantitative estimate of drug-likeness (QED) is 0.703. The van der Waals surface area contributed by atoms with Gasteiger partial charge in [0, 0.05) is 18.0 Å². The van der Waals surface area contributed by atoms with Crippen LogP contribution in [0.3, 0.4) is 0 Å². The minimum absolute atomic E-state index is 0.0420. The monoisotopic (exact) mass is 279 g/mol. The molecule has 3 N–H and O–H groups in total. The molecule has 1 aromatic rings. The molecule has 0 aromatic carbocycles. The van der Waals surface area contributed by atoms with E-state index in [9.17, 15) is 13.2 Å². The van der Waals surface area contributed by atoms with Crippen LogP contribution in [0.5, 0.6) is 0 Å². The van der Waals surface area contributed by atoms with E-state index in [1.165, 1.54) is 5.38 Å². The third-order valence-corrected chi connectivity index (χ3v) is 5.03. The molecule has 1 unspecified atom stereocenters. The Bertz CT molecular complexity index is 493. The fourth-order valence-corrected chi connectivity index (χ4v) is 3.59. The van der Waals surface area contributed by atoms with Crippen LogP contribution < -0.4 is 4.72 Å². The standard InChI is InChI=1S/C9H13NO5S2/c1-6(2-3-11)10-17(14,15)8-4-7(5-16-8)9(12)13/h4-6,10-11H,2-3H2,1H3,(H,12,13). The van der Waals surface area contributed by atoms with E-state index in [-0.39, 0.29) is 16.4 Å². The van der Waals surface area contributed by atoms with E-state index in [0.29, 0.717) is 6.42 Å². The van der Waals surface area contributed by atoms with Crippen LogP contribution >= 0.6 is 11.3 Å². The summed E-state index contributed by atoms with van der Waals surface area (Å²) in [5, 5.41) is 18.6. The lowest BCUT2D eigenvalue weighted by Crippen LogP contribution is -2.32. The second-order valence-corrected chi connectivity index (χ2v) is 6.35. The molecule has 0 radical (unpaired) electrons. The number of thiophene rings is 1. The predicted molar refractivity (Wildman–Crippen MR) is 62.8 cm³/mol. The molecule has 6 nitrogen and oxygen atoms in total. The Morgan fingerprint density at radius 3 is 2.71 bits per heavy atom. The molecule has 0 aliphatic carbocycles. The third-order valence-electron chi connectivity index (χ3n) is 2.01. The first-order valence-electron chi connectivity index (χ1n) is 4.82. The number of hydrogen-bond donors (Lipinski definition) is 3. The van der Waals surface area contributed by atoms with Crippen molar-refractivity contribution in [1.29, 1.82) is 0 Å². The molecule has 0 aliphatic heterocycles. The average molecular weight is 279 g/mol. The highest BCUT2D eigenvalue weighted by Gasteiger charge is 2.20. The van der Waals surface area contributed by atoms with Crippen LogP contribution in [0.1, 0.15) is 23.7 Å². The second kappa shape index (κ2) is 5.58. The first-order chi connectivity index (χ1) is 7.86. The van der Waals surface area contributed by atoms with Crippen LogP contribution in [-0.4, -0.2) is 37.2 Å². The van der Waals surface area contributed by atoms with Crippen molar-refractivity contribution < 1.29 is 23.4 Å². The number of carbonyl (C=O) groups is 1. The van der Waals surface area contributed by atoms with Crippen molar-refractivity contribution >= 4 is 27.3 Å². The van der Waals surface area contributed by atoms with E-state index in [0.717, 1.165) is 17.4 Å². The predicted octanol–water partition coefficient (Wildman–Crippen LogP) is 0.496. The van der Waals surface area contributed by atoms with Gasteiger partial charge in [0.2, 0.25) is 10.0 Å². The Morgan fingerprint density at radius 2 is 2.24 bits per heavy atom. The molecule has 0 saturated heterocycles. The molecule has 1 aromatic heterocycles. The maximum Gasteiger partial charge on any atom is 0.336 e. The van der Waals surface area contributed by atoms with E-state index in [2.05, 4.69) is 4.72 Å². The van der Waals surface area contributed by atoms with E-state index in [4.69, 9.17) is 10.2 Å². The van der Waals surface area contributed by atoms with Crippen molar-refractivity contribution in [2.75, 3.05) is 6.61 Å². The summed E-state index contributed by atoms with van der Waals surface area (Å²) < 4.78 is 25.9. The minimum Gasteiger partial charge on any atom is -0.478 e. The molecule has 0 spiro atoms. The Balaban J connectivity index is 2.86. The van der Waals surface area contributed by atoms with Crippen LogP contribution in [-0.2, 0) is 10.0 Å². The molecule has 0 bridgehead atoms. The molecule has 96 valence electrons. The molecule has 0 aliphatic rings. The van der Waals surface area contributed by atoms with Crippen LogP contribution in [0.2, 0.25) is 0 Å². The second-order valence-electron chi connectivity index (χ2n) is 3.49. The molecule has 1 heterocycles. The molecule has 17 heavy (non-hydrogen) atoms. The van der Waals surface area contributed by atoms with Crippen molar-refractivity contribution in [1.82, 2.24) is 4.72 Å². The highest BCUT2D eigenvalue weighted by Crippen LogP contribution is 2.20. The molecule has 0 saturated carbocycles. The number of hydrogen-bond acceptors (Lipinski definition) is 5. The van der Waals surface area contributed by atoms with Gasteiger partial charge in [0.15, 0.2) is 0 Å². The van der Waals surface area contributed by atoms with Gasteiger partial charge in [-0.15, -0.1) is 11.3 Å². The number of carboxylic acids is 1. The number of nitrogens with one attached hydrogen (secondary N) is 1. The largest absolute Gasteiger partial charge is 0.478 e. The van der Waals surface area contributed by atoms with Gasteiger partial charge in [0.05, 0.1) is 5.56 Å². The fraction of sp³-hybridized carbons (Fsp3) is 0.444. The van der Waals surface area contributed by atoms with E-state index >= 15 is 0 Å². The smallest absolute Gasteiger partial charge is 0.336 e. The lowest BCUT2D eigenvalue weighted by molar-refractivity contribution is 0.0697. The molecule has 0 amide bonds. The van der Waals surface area contributed by atoms with Crippen LogP contribution in [0, 0.1) is 0 Å². The topological polar surface area (TPSA) is 104 Å². The number of carboxylic acid groups (broad SMARTS) is 1. The normalized spacial score (nSPS) is 13.5. The first-order valence-corrected chi connectivity index (χ1v) is 7.18. The summed E-state index contributed by atoms with van der Waals surface area (Å²) in [4.78, 5) is 10.6. The van der Waals surface area contributed by atoms with Gasteiger partial charge in [0.1, 0.15) is 4.21 Å². The van der Waals surface area contributed by atoms with Crippen molar-refractivity contribution in [2.45, 2.75) is 23.6 Å². The van der Waals surface area contributed by atoms with Gasteiger partial charge in [-0.05, 0) is 19.4 Å². The summed E-state index contributed by atoms with van der Waals surface area (Å²) in [5.74, 6) is -1.16. The van der Waals surface area contributed by atoms with Crippen molar-refractivity contribution in [3.63, 3.8) is 0 Å². The van der Waals surface area contributed by atoms with Crippen molar-refractivity contribution in [2.24, 2.45) is 0 Å². The highest BCUT2D eigenvalue weighted by molar-refractivity contribution is 7.91. The molecule has 8 heteroatoms. The zero-order valence-electron chi connectivity index (χ0n) is 9.08.